The smallest absolute Gasteiger partial charge is 0.164 e. The van der Waals surface area contributed by atoms with Crippen LogP contribution in [0.5, 0.6) is 11.5 Å². The van der Waals surface area contributed by atoms with E-state index in [9.17, 15) is 5.26 Å². The quantitative estimate of drug-likeness (QED) is 0.163. The summed E-state index contributed by atoms with van der Waals surface area (Å²) >= 11 is 0. The number of hydrogen-bond donors (Lipinski definition) is 0. The minimum atomic E-state index is -0.658. The Morgan fingerprint density at radius 3 is 1.31 bits per heavy atom. The first-order valence-corrected chi connectivity index (χ1v) is 19.2. The zero-order valence-corrected chi connectivity index (χ0v) is 31.3. The summed E-state index contributed by atoms with van der Waals surface area (Å²) in [4.78, 5) is 14.8. The van der Waals surface area contributed by atoms with E-state index in [0.717, 1.165) is 66.9 Å². The van der Waals surface area contributed by atoms with Crippen LogP contribution in [0.2, 0.25) is 0 Å². The molecule has 0 N–H and O–H groups in total. The molecule has 0 fully saturated rings. The van der Waals surface area contributed by atoms with Crippen molar-refractivity contribution in [3.05, 3.63) is 234 Å². The first-order chi connectivity index (χ1) is 28.7. The number of nitrogens with zero attached hydrogens (tertiary/aromatic N) is 4. The Morgan fingerprint density at radius 1 is 0.362 bits per heavy atom. The van der Waals surface area contributed by atoms with Gasteiger partial charge < -0.3 is 4.74 Å². The Kier molecular flexibility index (Phi) is 8.70. The second-order valence-electron chi connectivity index (χ2n) is 14.3. The van der Waals surface area contributed by atoms with Crippen molar-refractivity contribution < 1.29 is 4.74 Å². The molecule has 58 heavy (non-hydrogen) atoms. The highest BCUT2D eigenvalue weighted by molar-refractivity contribution is 5.77. The summed E-state index contributed by atoms with van der Waals surface area (Å²) in [5.74, 6) is 3.31. The molecule has 0 saturated carbocycles. The molecule has 0 amide bonds. The van der Waals surface area contributed by atoms with Gasteiger partial charge in [-0.1, -0.05) is 182 Å². The molecule has 1 aliphatic heterocycles. The van der Waals surface area contributed by atoms with Crippen molar-refractivity contribution in [1.82, 2.24) is 15.0 Å². The van der Waals surface area contributed by atoms with E-state index in [1.165, 1.54) is 0 Å². The molecule has 272 valence electrons. The minimum absolute atomic E-state index is 0.553. The van der Waals surface area contributed by atoms with Crippen LogP contribution in [0.1, 0.15) is 27.8 Å². The van der Waals surface area contributed by atoms with Crippen LogP contribution < -0.4 is 4.74 Å². The average molecular weight is 743 g/mol. The van der Waals surface area contributed by atoms with Crippen LogP contribution in [-0.4, -0.2) is 15.0 Å². The normalized spacial score (nSPS) is 12.4. The van der Waals surface area contributed by atoms with E-state index in [2.05, 4.69) is 115 Å². The van der Waals surface area contributed by atoms with Crippen LogP contribution in [0, 0.1) is 11.3 Å². The molecule has 0 radical (unpaired) electrons. The van der Waals surface area contributed by atoms with E-state index in [0.29, 0.717) is 28.8 Å². The van der Waals surface area contributed by atoms with Crippen molar-refractivity contribution in [2.45, 2.75) is 5.41 Å². The molecule has 8 aromatic carbocycles. The number of ether oxygens (including phenoxy) is 1. The maximum atomic E-state index is 9.86. The molecule has 5 nitrogen and oxygen atoms in total. The van der Waals surface area contributed by atoms with Gasteiger partial charge in [-0.3, -0.25) is 0 Å². The van der Waals surface area contributed by atoms with Crippen LogP contribution in [-0.2, 0) is 5.41 Å². The largest absolute Gasteiger partial charge is 0.457 e. The molecular weight excluding hydrogens is 709 g/mol. The van der Waals surface area contributed by atoms with Crippen LogP contribution >= 0.6 is 0 Å². The number of aromatic nitrogens is 3. The molecule has 10 rings (SSSR count). The lowest BCUT2D eigenvalue weighted by atomic mass is 9.63. The fourth-order valence-corrected chi connectivity index (χ4v) is 8.14. The van der Waals surface area contributed by atoms with E-state index in [4.69, 9.17) is 19.7 Å². The lowest BCUT2D eigenvalue weighted by molar-refractivity contribution is 0.434. The monoisotopic (exact) mass is 742 g/mol. The second-order valence-corrected chi connectivity index (χ2v) is 14.3. The lowest BCUT2D eigenvalue weighted by Crippen LogP contribution is -2.34. The molecule has 0 bridgehead atoms. The number of fused-ring (bicyclic) bond motifs is 2. The van der Waals surface area contributed by atoms with E-state index in [1.807, 2.05) is 97.1 Å². The van der Waals surface area contributed by atoms with Crippen LogP contribution in [0.15, 0.2) is 206 Å². The summed E-state index contributed by atoms with van der Waals surface area (Å²) in [7, 11) is 0. The number of rotatable bonds is 7. The minimum Gasteiger partial charge on any atom is -0.457 e. The van der Waals surface area contributed by atoms with Crippen molar-refractivity contribution in [2.75, 3.05) is 0 Å². The third kappa shape index (κ3) is 6.10. The fraction of sp³-hybridized carbons (Fsp3) is 0.0189. The third-order valence-corrected chi connectivity index (χ3v) is 10.9. The molecule has 0 atom stereocenters. The Balaban J connectivity index is 1.03. The van der Waals surface area contributed by atoms with Crippen molar-refractivity contribution >= 4 is 0 Å². The van der Waals surface area contributed by atoms with E-state index < -0.39 is 5.41 Å². The highest BCUT2D eigenvalue weighted by Gasteiger charge is 2.45. The molecule has 0 saturated heterocycles. The maximum absolute atomic E-state index is 9.86. The Hall–Kier alpha value is -7.94. The molecule has 9 aromatic rings. The van der Waals surface area contributed by atoms with Gasteiger partial charge in [0.1, 0.15) is 11.5 Å². The molecule has 0 spiro atoms. The Morgan fingerprint density at radius 2 is 0.776 bits per heavy atom. The zero-order valence-electron chi connectivity index (χ0n) is 31.3. The molecule has 5 heteroatoms. The van der Waals surface area contributed by atoms with Gasteiger partial charge in [0, 0.05) is 27.8 Å². The van der Waals surface area contributed by atoms with Gasteiger partial charge >= 0.3 is 0 Å². The second kappa shape index (κ2) is 14.6. The summed E-state index contributed by atoms with van der Waals surface area (Å²) < 4.78 is 6.73. The van der Waals surface area contributed by atoms with Gasteiger partial charge in [0.05, 0.1) is 17.0 Å². The van der Waals surface area contributed by atoms with E-state index >= 15 is 0 Å². The number of hydrogen-bond acceptors (Lipinski definition) is 5. The van der Waals surface area contributed by atoms with Gasteiger partial charge in [-0.15, -0.1) is 0 Å². The van der Waals surface area contributed by atoms with Gasteiger partial charge in [0.2, 0.25) is 0 Å². The van der Waals surface area contributed by atoms with Crippen molar-refractivity contribution in [2.24, 2.45) is 0 Å². The predicted octanol–water partition coefficient (Wildman–Crippen LogP) is 12.6. The Labute approximate surface area is 337 Å². The molecule has 2 heterocycles. The van der Waals surface area contributed by atoms with Crippen molar-refractivity contribution in [1.29, 1.82) is 5.26 Å². The summed E-state index contributed by atoms with van der Waals surface area (Å²) in [6, 6.07) is 72.7. The number of nitriles is 1. The van der Waals surface area contributed by atoms with Gasteiger partial charge in [0.25, 0.3) is 0 Å². The molecule has 1 aliphatic rings. The lowest BCUT2D eigenvalue weighted by Gasteiger charge is -2.41. The molecule has 0 aliphatic carbocycles. The highest BCUT2D eigenvalue weighted by atomic mass is 16.5. The van der Waals surface area contributed by atoms with E-state index in [-0.39, 0.29) is 0 Å². The summed E-state index contributed by atoms with van der Waals surface area (Å²) in [5, 5.41) is 9.86. The van der Waals surface area contributed by atoms with Crippen LogP contribution in [0.25, 0.3) is 56.4 Å². The first-order valence-electron chi connectivity index (χ1n) is 19.2. The molecular formula is C53H34N4O. The van der Waals surface area contributed by atoms with E-state index in [1.54, 1.807) is 0 Å². The summed E-state index contributed by atoms with van der Waals surface area (Å²) in [6.45, 7) is 0. The molecule has 0 unspecified atom stereocenters. The van der Waals surface area contributed by atoms with Gasteiger partial charge in [-0.2, -0.15) is 5.26 Å². The summed E-state index contributed by atoms with van der Waals surface area (Å²) in [6.07, 6.45) is 0. The van der Waals surface area contributed by atoms with Crippen LogP contribution in [0.4, 0.5) is 0 Å². The third-order valence-electron chi connectivity index (χ3n) is 10.9. The molecule has 1 aromatic heterocycles. The van der Waals surface area contributed by atoms with Crippen molar-refractivity contribution in [3.8, 4) is 74.0 Å². The highest BCUT2D eigenvalue weighted by Crippen LogP contribution is 2.56. The van der Waals surface area contributed by atoms with Gasteiger partial charge in [-0.25, -0.2) is 15.0 Å². The zero-order chi connectivity index (χ0) is 38.9. The number of benzene rings is 8. The van der Waals surface area contributed by atoms with Crippen LogP contribution in [0.3, 0.4) is 0 Å². The fourth-order valence-electron chi connectivity index (χ4n) is 8.14. The predicted molar refractivity (Wildman–Crippen MR) is 230 cm³/mol. The van der Waals surface area contributed by atoms with Gasteiger partial charge in [0.15, 0.2) is 17.5 Å². The average Bonchev–Trinajstić information content (AvgIpc) is 3.31. The van der Waals surface area contributed by atoms with Crippen molar-refractivity contribution in [3.63, 3.8) is 0 Å². The van der Waals surface area contributed by atoms with Gasteiger partial charge in [-0.05, 0) is 57.6 Å². The first kappa shape index (κ1) is 34.5. The Bertz CT molecular complexity index is 2860. The standard InChI is InChI=1S/C53H34N4O/c54-35-36-24-30-46-48(32-36)58-49-34-42(29-31-47(49)53(46,44-20-9-3-10-21-44)45-22-11-4-12-23-45)38-27-25-37(26-28-38)41-18-13-19-43(33-41)52-56-50(39-14-5-1-6-15-39)55-51(57-52)40-16-7-2-8-17-40/h1-34H. The SMILES string of the molecule is N#Cc1ccc2c(c1)Oc1cc(-c3ccc(-c4cccc(-c5nc(-c6ccccc6)nc(-c6ccccc6)n5)c4)cc3)ccc1C2(c1ccccc1)c1ccccc1. The topological polar surface area (TPSA) is 71.7 Å². The summed E-state index contributed by atoms with van der Waals surface area (Å²) in [5.41, 5.74) is 11.2. The maximum Gasteiger partial charge on any atom is 0.164 e.